The highest BCUT2D eigenvalue weighted by Crippen LogP contribution is 2.47. The monoisotopic (exact) mass is 900 g/mol. The Morgan fingerprint density at radius 1 is 0.257 bits per heavy atom. The minimum Gasteiger partial charge on any atom is -0.456 e. The summed E-state index contributed by atoms with van der Waals surface area (Å²) in [4.78, 5) is 4.71. The SMILES string of the molecule is Cc1ccccc1N(c1ccc2cc3c(cc2c1)oc1cc2c(cc13)oc1cc3cc(N(c4ccccc4C)c4cccc5oc6ccccc6c45)ccc3cc12)c1cccc2oc3ccccc3c12. The summed E-state index contributed by atoms with van der Waals surface area (Å²) in [6.07, 6.45) is 0. The molecule has 0 N–H and O–H groups in total. The minimum atomic E-state index is 0.825. The van der Waals surface area contributed by atoms with E-state index in [0.29, 0.717) is 0 Å². The molecular formula is C64H40N2O4. The summed E-state index contributed by atoms with van der Waals surface area (Å²) in [5.74, 6) is 0. The van der Waals surface area contributed by atoms with Crippen molar-refractivity contribution in [2.75, 3.05) is 9.80 Å². The number of aryl methyl sites for hydroxylation is 2. The topological polar surface area (TPSA) is 59.0 Å². The second-order valence-electron chi connectivity index (χ2n) is 18.5. The average Bonchev–Trinajstić information content (AvgIpc) is 4.15. The fourth-order valence-electron chi connectivity index (χ4n) is 11.1. The summed E-state index contributed by atoms with van der Waals surface area (Å²) in [6, 6.07) is 72.9. The van der Waals surface area contributed by atoms with Gasteiger partial charge in [0.05, 0.1) is 22.1 Å². The molecule has 11 aromatic carbocycles. The molecule has 4 heterocycles. The van der Waals surface area contributed by atoms with Crippen LogP contribution in [0.25, 0.3) is 109 Å². The van der Waals surface area contributed by atoms with E-state index in [1.807, 2.05) is 24.3 Å². The van der Waals surface area contributed by atoms with Gasteiger partial charge in [-0.25, -0.2) is 0 Å². The zero-order chi connectivity index (χ0) is 46.2. The largest absolute Gasteiger partial charge is 0.456 e. The third-order valence-electron chi connectivity index (χ3n) is 14.4. The van der Waals surface area contributed by atoms with Crippen LogP contribution in [0.3, 0.4) is 0 Å². The van der Waals surface area contributed by atoms with Crippen molar-refractivity contribution in [1.82, 2.24) is 0 Å². The van der Waals surface area contributed by atoms with Crippen molar-refractivity contribution in [2.24, 2.45) is 0 Å². The highest BCUT2D eigenvalue weighted by molar-refractivity contribution is 6.19. The molecule has 0 atom stereocenters. The van der Waals surface area contributed by atoms with E-state index in [2.05, 4.69) is 206 Å². The number of hydrogen-bond donors (Lipinski definition) is 0. The Bertz CT molecular complexity index is 4360. The molecular weight excluding hydrogens is 861 g/mol. The van der Waals surface area contributed by atoms with E-state index in [-0.39, 0.29) is 0 Å². The van der Waals surface area contributed by atoms with Crippen molar-refractivity contribution in [1.29, 1.82) is 0 Å². The summed E-state index contributed by atoms with van der Waals surface area (Å²) in [5, 5.41) is 12.9. The van der Waals surface area contributed by atoms with Crippen LogP contribution in [0.4, 0.5) is 34.1 Å². The van der Waals surface area contributed by atoms with Crippen LogP contribution in [0, 0.1) is 13.8 Å². The molecule has 0 bridgehead atoms. The molecule has 15 aromatic rings. The Morgan fingerprint density at radius 3 is 1.10 bits per heavy atom. The molecule has 0 aliphatic heterocycles. The first-order valence-electron chi connectivity index (χ1n) is 23.7. The second kappa shape index (κ2) is 14.6. The van der Waals surface area contributed by atoms with E-state index in [1.165, 1.54) is 11.1 Å². The zero-order valence-electron chi connectivity index (χ0n) is 38.2. The van der Waals surface area contributed by atoms with Gasteiger partial charge in [-0.3, -0.25) is 0 Å². The molecule has 0 radical (unpaired) electrons. The maximum atomic E-state index is 6.77. The Labute approximate surface area is 400 Å². The molecule has 6 nitrogen and oxygen atoms in total. The molecule has 0 saturated carbocycles. The van der Waals surface area contributed by atoms with Crippen molar-refractivity contribution in [2.45, 2.75) is 13.8 Å². The van der Waals surface area contributed by atoms with Gasteiger partial charge < -0.3 is 27.5 Å². The van der Waals surface area contributed by atoms with Gasteiger partial charge in [0.15, 0.2) is 0 Å². The molecule has 4 aromatic heterocycles. The summed E-state index contributed by atoms with van der Waals surface area (Å²) in [7, 11) is 0. The lowest BCUT2D eigenvalue weighted by atomic mass is 10.0. The number of fused-ring (bicyclic) bond motifs is 14. The fraction of sp³-hybridized carbons (Fsp3) is 0.0312. The predicted octanol–water partition coefficient (Wildman–Crippen LogP) is 19.1. The molecule has 0 fully saturated rings. The first kappa shape index (κ1) is 38.8. The summed E-state index contributed by atoms with van der Waals surface area (Å²) < 4.78 is 26.3. The first-order chi connectivity index (χ1) is 34.5. The van der Waals surface area contributed by atoms with Gasteiger partial charge in [0.1, 0.15) is 44.7 Å². The van der Waals surface area contributed by atoms with Crippen LogP contribution in [-0.4, -0.2) is 0 Å². The Hall–Kier alpha value is -9.26. The zero-order valence-corrected chi connectivity index (χ0v) is 38.2. The highest BCUT2D eigenvalue weighted by Gasteiger charge is 2.24. The normalized spacial score (nSPS) is 12.1. The summed E-state index contributed by atoms with van der Waals surface area (Å²) in [5.41, 5.74) is 15.5. The van der Waals surface area contributed by atoms with E-state index in [1.54, 1.807) is 0 Å². The average molecular weight is 901 g/mol. The molecule has 0 aliphatic rings. The predicted molar refractivity (Wildman–Crippen MR) is 289 cm³/mol. The minimum absolute atomic E-state index is 0.825. The standard InChI is InChI=1S/C64H40N2O4/c1-37-13-3-7-17-51(37)65(53-19-11-23-57-63(53)45-15-5-9-21-55(45)67-57)43-27-25-39-31-47-49-35-62-50(36-61(49)69-59(47)33-41(39)29-43)48-32-40-26-28-44(30-42(40)34-60(48)70-62)66(52-18-8-4-14-38(52)2)54-20-12-24-58-64(54)46-16-6-10-22-56(46)68-58/h3-36H,1-2H3. The highest BCUT2D eigenvalue weighted by atomic mass is 16.3. The number of hydrogen-bond acceptors (Lipinski definition) is 6. The lowest BCUT2D eigenvalue weighted by molar-refractivity contribution is 0.664. The van der Waals surface area contributed by atoms with Crippen molar-refractivity contribution >= 4 is 143 Å². The third-order valence-corrected chi connectivity index (χ3v) is 14.4. The van der Waals surface area contributed by atoms with E-state index >= 15 is 0 Å². The van der Waals surface area contributed by atoms with Gasteiger partial charge in [-0.05, 0) is 156 Å². The number of nitrogens with zero attached hydrogens (tertiary/aromatic N) is 2. The van der Waals surface area contributed by atoms with Crippen LogP contribution in [0.15, 0.2) is 224 Å². The number of rotatable bonds is 6. The van der Waals surface area contributed by atoms with Gasteiger partial charge in [-0.15, -0.1) is 0 Å². The van der Waals surface area contributed by atoms with Gasteiger partial charge in [0.25, 0.3) is 0 Å². The number of anilines is 6. The van der Waals surface area contributed by atoms with Crippen molar-refractivity contribution < 1.29 is 17.7 Å². The van der Waals surface area contributed by atoms with E-state index < -0.39 is 0 Å². The van der Waals surface area contributed by atoms with E-state index in [0.717, 1.165) is 143 Å². The lowest BCUT2D eigenvalue weighted by Crippen LogP contribution is -2.11. The Morgan fingerprint density at radius 2 is 0.629 bits per heavy atom. The molecule has 70 heavy (non-hydrogen) atoms. The molecule has 6 heteroatoms. The van der Waals surface area contributed by atoms with Gasteiger partial charge in [-0.2, -0.15) is 0 Å². The lowest BCUT2D eigenvalue weighted by Gasteiger charge is -2.28. The maximum absolute atomic E-state index is 6.77. The fourth-order valence-corrected chi connectivity index (χ4v) is 11.1. The quantitative estimate of drug-likeness (QED) is 0.166. The smallest absolute Gasteiger partial charge is 0.137 e. The Kier molecular flexibility index (Phi) is 8.10. The van der Waals surface area contributed by atoms with Crippen LogP contribution in [0.2, 0.25) is 0 Å². The summed E-state index contributed by atoms with van der Waals surface area (Å²) in [6.45, 7) is 4.33. The maximum Gasteiger partial charge on any atom is 0.137 e. The summed E-state index contributed by atoms with van der Waals surface area (Å²) >= 11 is 0. The van der Waals surface area contributed by atoms with Crippen molar-refractivity contribution in [3.05, 3.63) is 217 Å². The van der Waals surface area contributed by atoms with Crippen LogP contribution >= 0.6 is 0 Å². The molecule has 0 saturated heterocycles. The molecule has 0 unspecified atom stereocenters. The van der Waals surface area contributed by atoms with Crippen LogP contribution < -0.4 is 9.80 Å². The van der Waals surface area contributed by atoms with Gasteiger partial charge >= 0.3 is 0 Å². The molecule has 15 rings (SSSR count). The van der Waals surface area contributed by atoms with Crippen LogP contribution in [0.5, 0.6) is 0 Å². The van der Waals surface area contributed by atoms with E-state index in [4.69, 9.17) is 17.7 Å². The van der Waals surface area contributed by atoms with E-state index in [9.17, 15) is 0 Å². The van der Waals surface area contributed by atoms with Crippen LogP contribution in [-0.2, 0) is 0 Å². The van der Waals surface area contributed by atoms with Crippen molar-refractivity contribution in [3.8, 4) is 0 Å². The van der Waals surface area contributed by atoms with Gasteiger partial charge in [-0.1, -0.05) is 97.1 Å². The van der Waals surface area contributed by atoms with Gasteiger partial charge in [0, 0.05) is 55.1 Å². The third kappa shape index (κ3) is 5.74. The number of benzene rings is 11. The Balaban J connectivity index is 0.848. The van der Waals surface area contributed by atoms with Crippen molar-refractivity contribution in [3.63, 3.8) is 0 Å². The molecule has 0 aliphatic carbocycles. The number of furan rings is 4. The first-order valence-corrected chi connectivity index (χ1v) is 23.7. The molecule has 330 valence electrons. The molecule has 0 spiro atoms. The van der Waals surface area contributed by atoms with Gasteiger partial charge in [0.2, 0.25) is 0 Å². The second-order valence-corrected chi connectivity index (χ2v) is 18.5. The number of para-hydroxylation sites is 4. The van der Waals surface area contributed by atoms with Crippen LogP contribution in [0.1, 0.15) is 11.1 Å². The molecule has 0 amide bonds.